The molecule has 1 aromatic carbocycles. The lowest BCUT2D eigenvalue weighted by molar-refractivity contribution is 0.0942. The second kappa shape index (κ2) is 7.41. The van der Waals surface area contributed by atoms with Crippen molar-refractivity contribution in [2.24, 2.45) is 0 Å². The Balaban J connectivity index is 1.43. The molecule has 4 nitrogen and oxygen atoms in total. The van der Waals surface area contributed by atoms with E-state index in [4.69, 9.17) is 4.74 Å². The van der Waals surface area contributed by atoms with Gasteiger partial charge in [-0.05, 0) is 50.9 Å². The van der Waals surface area contributed by atoms with Crippen LogP contribution in [0.3, 0.4) is 0 Å². The Morgan fingerprint density at radius 2 is 2.27 bits per heavy atom. The van der Waals surface area contributed by atoms with E-state index in [-0.39, 0.29) is 5.91 Å². The molecule has 0 bridgehead atoms. The van der Waals surface area contributed by atoms with Crippen LogP contribution in [-0.4, -0.2) is 36.5 Å². The number of benzene rings is 1. The SMILES string of the molecule is Cc1cccc2c1-c1sc(C(=O)NCCN3CCCC[C@H]3C)cc1CO2. The molecule has 2 aliphatic rings. The molecule has 0 unspecified atom stereocenters. The van der Waals surface area contributed by atoms with Gasteiger partial charge in [-0.25, -0.2) is 0 Å². The summed E-state index contributed by atoms with van der Waals surface area (Å²) in [4.78, 5) is 17.1. The lowest BCUT2D eigenvalue weighted by atomic mass is 10.0. The van der Waals surface area contributed by atoms with Gasteiger partial charge in [0.1, 0.15) is 12.4 Å². The summed E-state index contributed by atoms with van der Waals surface area (Å²) < 4.78 is 5.86. The molecule has 5 heteroatoms. The van der Waals surface area contributed by atoms with Crippen LogP contribution in [0.15, 0.2) is 24.3 Å². The molecule has 0 saturated carbocycles. The maximum absolute atomic E-state index is 12.6. The van der Waals surface area contributed by atoms with Gasteiger partial charge in [-0.3, -0.25) is 9.69 Å². The van der Waals surface area contributed by atoms with Crippen molar-refractivity contribution in [1.82, 2.24) is 10.2 Å². The summed E-state index contributed by atoms with van der Waals surface area (Å²) in [6.45, 7) is 7.71. The molecule has 3 heterocycles. The molecule has 1 amide bonds. The Hall–Kier alpha value is -1.85. The van der Waals surface area contributed by atoms with E-state index in [2.05, 4.69) is 30.1 Å². The van der Waals surface area contributed by atoms with Crippen LogP contribution in [0.5, 0.6) is 5.75 Å². The first-order valence-corrected chi connectivity index (χ1v) is 10.3. The van der Waals surface area contributed by atoms with Crippen molar-refractivity contribution in [2.75, 3.05) is 19.6 Å². The highest BCUT2D eigenvalue weighted by Crippen LogP contribution is 2.44. The first-order chi connectivity index (χ1) is 12.6. The number of carbonyl (C=O) groups is 1. The van der Waals surface area contributed by atoms with Crippen LogP contribution < -0.4 is 10.1 Å². The molecule has 1 aromatic heterocycles. The van der Waals surface area contributed by atoms with Crippen LogP contribution in [-0.2, 0) is 6.61 Å². The Morgan fingerprint density at radius 3 is 3.12 bits per heavy atom. The summed E-state index contributed by atoms with van der Waals surface area (Å²) in [7, 11) is 0. The molecule has 1 fully saturated rings. The van der Waals surface area contributed by atoms with Crippen molar-refractivity contribution < 1.29 is 9.53 Å². The molecule has 0 aliphatic carbocycles. The van der Waals surface area contributed by atoms with E-state index in [1.165, 1.54) is 29.7 Å². The van der Waals surface area contributed by atoms with Crippen molar-refractivity contribution >= 4 is 17.2 Å². The average molecular weight is 371 g/mol. The van der Waals surface area contributed by atoms with E-state index in [9.17, 15) is 4.79 Å². The topological polar surface area (TPSA) is 41.6 Å². The molecule has 0 spiro atoms. The number of ether oxygens (including phenoxy) is 1. The molecule has 4 rings (SSSR count). The zero-order valence-corrected chi connectivity index (χ0v) is 16.3. The zero-order valence-electron chi connectivity index (χ0n) is 15.5. The van der Waals surface area contributed by atoms with Gasteiger partial charge in [-0.15, -0.1) is 11.3 Å². The largest absolute Gasteiger partial charge is 0.488 e. The van der Waals surface area contributed by atoms with E-state index in [1.807, 2.05) is 18.2 Å². The highest BCUT2D eigenvalue weighted by molar-refractivity contribution is 7.17. The third-order valence-electron chi connectivity index (χ3n) is 5.50. The number of nitrogens with zero attached hydrogens (tertiary/aromatic N) is 1. The minimum absolute atomic E-state index is 0.0317. The van der Waals surface area contributed by atoms with Gasteiger partial charge in [0.2, 0.25) is 0 Å². The number of hydrogen-bond donors (Lipinski definition) is 1. The third kappa shape index (κ3) is 3.38. The molecular weight excluding hydrogens is 344 g/mol. The molecule has 1 atom stereocenters. The minimum atomic E-state index is 0.0317. The van der Waals surface area contributed by atoms with Crippen LogP contribution in [0.1, 0.15) is 47.0 Å². The third-order valence-corrected chi connectivity index (χ3v) is 6.70. The van der Waals surface area contributed by atoms with Gasteiger partial charge >= 0.3 is 0 Å². The summed E-state index contributed by atoms with van der Waals surface area (Å²) >= 11 is 1.58. The van der Waals surface area contributed by atoms with E-state index in [0.29, 0.717) is 19.2 Å². The molecule has 1 saturated heterocycles. The first-order valence-electron chi connectivity index (χ1n) is 9.51. The maximum Gasteiger partial charge on any atom is 0.261 e. The van der Waals surface area contributed by atoms with Crippen LogP contribution in [0, 0.1) is 6.92 Å². The first kappa shape index (κ1) is 17.6. The molecule has 26 heavy (non-hydrogen) atoms. The van der Waals surface area contributed by atoms with Gasteiger partial charge in [0.25, 0.3) is 5.91 Å². The smallest absolute Gasteiger partial charge is 0.261 e. The average Bonchev–Trinajstić information content (AvgIpc) is 3.08. The summed E-state index contributed by atoms with van der Waals surface area (Å²) in [5, 5.41) is 3.10. The number of nitrogens with one attached hydrogen (secondary N) is 1. The van der Waals surface area contributed by atoms with Gasteiger partial charge in [-0.2, -0.15) is 0 Å². The van der Waals surface area contributed by atoms with E-state index in [1.54, 1.807) is 11.3 Å². The molecule has 0 radical (unpaired) electrons. The van der Waals surface area contributed by atoms with E-state index >= 15 is 0 Å². The summed E-state index contributed by atoms with van der Waals surface area (Å²) in [5.41, 5.74) is 3.45. The predicted octanol–water partition coefficient (Wildman–Crippen LogP) is 4.22. The van der Waals surface area contributed by atoms with E-state index in [0.717, 1.165) is 34.8 Å². The van der Waals surface area contributed by atoms with Crippen LogP contribution in [0.25, 0.3) is 10.4 Å². The molecular formula is C21H26N2O2S. The number of carbonyl (C=O) groups excluding carboxylic acids is 1. The molecule has 2 aliphatic heterocycles. The Labute approximate surface area is 159 Å². The quantitative estimate of drug-likeness (QED) is 0.876. The highest BCUT2D eigenvalue weighted by atomic mass is 32.1. The molecule has 1 N–H and O–H groups in total. The number of amides is 1. The number of aryl methyl sites for hydroxylation is 1. The summed E-state index contributed by atoms with van der Waals surface area (Å²) in [6, 6.07) is 8.74. The Morgan fingerprint density at radius 1 is 1.38 bits per heavy atom. The normalized spacial score (nSPS) is 19.4. The van der Waals surface area contributed by atoms with Crippen LogP contribution >= 0.6 is 11.3 Å². The lowest BCUT2D eigenvalue weighted by Crippen LogP contribution is -2.42. The van der Waals surface area contributed by atoms with Crippen LogP contribution in [0.4, 0.5) is 0 Å². The second-order valence-electron chi connectivity index (χ2n) is 7.34. The number of fused-ring (bicyclic) bond motifs is 3. The monoisotopic (exact) mass is 370 g/mol. The Bertz CT molecular complexity index is 814. The zero-order chi connectivity index (χ0) is 18.1. The van der Waals surface area contributed by atoms with Gasteiger partial charge in [0, 0.05) is 35.1 Å². The number of piperidine rings is 1. The van der Waals surface area contributed by atoms with Gasteiger partial charge < -0.3 is 10.1 Å². The van der Waals surface area contributed by atoms with E-state index < -0.39 is 0 Å². The standard InChI is InChI=1S/C21H26N2O2S/c1-14-6-5-8-17-19(14)20-16(13-25-17)12-18(26-20)21(24)22-9-11-23-10-4-3-7-15(23)2/h5-6,8,12,15H,3-4,7,9-11,13H2,1-2H3,(H,22,24)/t15-/m1/s1. The van der Waals surface area contributed by atoms with Crippen molar-refractivity contribution in [3.63, 3.8) is 0 Å². The fraction of sp³-hybridized carbons (Fsp3) is 0.476. The second-order valence-corrected chi connectivity index (χ2v) is 8.39. The number of likely N-dealkylation sites (tertiary alicyclic amines) is 1. The van der Waals surface area contributed by atoms with Crippen molar-refractivity contribution in [2.45, 2.75) is 45.8 Å². The van der Waals surface area contributed by atoms with Gasteiger partial charge in [-0.1, -0.05) is 18.6 Å². The maximum atomic E-state index is 12.6. The Kier molecular flexibility index (Phi) is 5.00. The predicted molar refractivity (Wildman–Crippen MR) is 106 cm³/mol. The number of thiophene rings is 1. The molecule has 138 valence electrons. The summed E-state index contributed by atoms with van der Waals surface area (Å²) in [6.07, 6.45) is 3.87. The number of hydrogen-bond acceptors (Lipinski definition) is 4. The van der Waals surface area contributed by atoms with Crippen molar-refractivity contribution in [1.29, 1.82) is 0 Å². The van der Waals surface area contributed by atoms with Gasteiger partial charge in [0.05, 0.1) is 4.88 Å². The fourth-order valence-electron chi connectivity index (χ4n) is 3.96. The number of rotatable bonds is 4. The van der Waals surface area contributed by atoms with Crippen LogP contribution in [0.2, 0.25) is 0 Å². The van der Waals surface area contributed by atoms with Gasteiger partial charge in [0.15, 0.2) is 0 Å². The minimum Gasteiger partial charge on any atom is -0.488 e. The highest BCUT2D eigenvalue weighted by Gasteiger charge is 2.24. The lowest BCUT2D eigenvalue weighted by Gasteiger charge is -2.33. The fourth-order valence-corrected chi connectivity index (χ4v) is 5.16. The van der Waals surface area contributed by atoms with Crippen molar-refractivity contribution in [3.8, 4) is 16.2 Å². The summed E-state index contributed by atoms with van der Waals surface area (Å²) in [5.74, 6) is 0.953. The molecule has 2 aromatic rings. The van der Waals surface area contributed by atoms with Crippen molar-refractivity contribution in [3.05, 3.63) is 40.3 Å².